The number of aryl methyl sites for hydroxylation is 1. The van der Waals surface area contributed by atoms with Crippen molar-refractivity contribution in [3.63, 3.8) is 0 Å². The van der Waals surface area contributed by atoms with Gasteiger partial charge in [0.2, 0.25) is 0 Å². The number of fused-ring (bicyclic) bond motifs is 2. The molecule has 2 aromatic carbocycles. The molecule has 2 fully saturated rings. The number of hydrogen-bond donors (Lipinski definition) is 1. The van der Waals surface area contributed by atoms with E-state index in [9.17, 15) is 9.59 Å². The van der Waals surface area contributed by atoms with Gasteiger partial charge in [-0.15, -0.1) is 0 Å². The molecule has 32 heavy (non-hydrogen) atoms. The molecule has 0 spiro atoms. The minimum atomic E-state index is -0.0595. The van der Waals surface area contributed by atoms with Crippen LogP contribution in [0.25, 0.3) is 10.9 Å². The standard InChI is InChI=1S/C26H27ClN2O3/c1-3-21(28-26(31)15-8-10-16(27)11-9-15)25-19-12-17(13-20(19)25)32-23-14-24(30)29(2)22-7-5-4-6-18(22)23/h4-11,14,17,19-21,25H,3,12-13H2,1-2H3,(H,28,31)/t17?,19-,20-,21-,25?/m0/s1. The van der Waals surface area contributed by atoms with Gasteiger partial charge < -0.3 is 14.6 Å². The van der Waals surface area contributed by atoms with E-state index in [-0.39, 0.29) is 23.6 Å². The molecule has 3 aromatic rings. The van der Waals surface area contributed by atoms with Gasteiger partial charge in [0, 0.05) is 35.1 Å². The van der Waals surface area contributed by atoms with Crippen molar-refractivity contribution in [1.29, 1.82) is 0 Å². The number of amides is 1. The average Bonchev–Trinajstić information content (AvgIpc) is 3.29. The monoisotopic (exact) mass is 450 g/mol. The lowest BCUT2D eigenvalue weighted by atomic mass is 10.00. The van der Waals surface area contributed by atoms with Gasteiger partial charge >= 0.3 is 0 Å². The lowest BCUT2D eigenvalue weighted by molar-refractivity contribution is 0.0924. The fraction of sp³-hybridized carbons (Fsp3) is 0.385. The summed E-state index contributed by atoms with van der Waals surface area (Å²) in [6.07, 6.45) is 2.95. The SMILES string of the molecule is CC[C@H](NC(=O)c1ccc(Cl)cc1)C1[C@H]2CC(Oc3cc(=O)n(C)c4ccccc34)C[C@H]12. The predicted molar refractivity (Wildman–Crippen MR) is 126 cm³/mol. The van der Waals surface area contributed by atoms with Gasteiger partial charge in [0.1, 0.15) is 5.75 Å². The lowest BCUT2D eigenvalue weighted by Gasteiger charge is -2.23. The number of pyridine rings is 1. The summed E-state index contributed by atoms with van der Waals surface area (Å²) >= 11 is 5.93. The summed E-state index contributed by atoms with van der Waals surface area (Å²) in [5, 5.41) is 4.82. The van der Waals surface area contributed by atoms with Crippen LogP contribution in [0.4, 0.5) is 0 Å². The maximum Gasteiger partial charge on any atom is 0.254 e. The maximum absolute atomic E-state index is 12.7. The summed E-state index contributed by atoms with van der Waals surface area (Å²) in [4.78, 5) is 25.0. The van der Waals surface area contributed by atoms with Gasteiger partial charge in [0.15, 0.2) is 0 Å². The van der Waals surface area contributed by atoms with Crippen LogP contribution in [0.5, 0.6) is 5.75 Å². The number of hydrogen-bond acceptors (Lipinski definition) is 3. The normalized spacial score (nSPS) is 23.0. The van der Waals surface area contributed by atoms with Crippen molar-refractivity contribution < 1.29 is 9.53 Å². The van der Waals surface area contributed by atoms with Crippen LogP contribution in [0, 0.1) is 17.8 Å². The summed E-state index contributed by atoms with van der Waals surface area (Å²) in [7, 11) is 1.78. The summed E-state index contributed by atoms with van der Waals surface area (Å²) in [5.41, 5.74) is 1.46. The first-order valence-corrected chi connectivity index (χ1v) is 11.7. The molecule has 5 nitrogen and oxygen atoms in total. The van der Waals surface area contributed by atoms with E-state index in [2.05, 4.69) is 12.2 Å². The van der Waals surface area contributed by atoms with E-state index >= 15 is 0 Å². The largest absolute Gasteiger partial charge is 0.489 e. The van der Waals surface area contributed by atoms with E-state index in [1.54, 1.807) is 41.9 Å². The van der Waals surface area contributed by atoms with Crippen LogP contribution >= 0.6 is 11.6 Å². The highest BCUT2D eigenvalue weighted by Gasteiger charge is 2.59. The van der Waals surface area contributed by atoms with Crippen molar-refractivity contribution >= 4 is 28.4 Å². The van der Waals surface area contributed by atoms with Crippen LogP contribution in [-0.4, -0.2) is 22.6 Å². The zero-order valence-electron chi connectivity index (χ0n) is 18.3. The molecule has 6 heteroatoms. The van der Waals surface area contributed by atoms with Gasteiger partial charge in [-0.05, 0) is 73.4 Å². The Kier molecular flexibility index (Phi) is 5.46. The molecule has 0 saturated heterocycles. The molecule has 2 saturated carbocycles. The van der Waals surface area contributed by atoms with Gasteiger partial charge in [-0.25, -0.2) is 0 Å². The molecule has 2 aliphatic carbocycles. The summed E-state index contributed by atoms with van der Waals surface area (Å²) in [6, 6.07) is 16.6. The number of carbonyl (C=O) groups is 1. The summed E-state index contributed by atoms with van der Waals surface area (Å²) in [6.45, 7) is 2.13. The quantitative estimate of drug-likeness (QED) is 0.586. The van der Waals surface area contributed by atoms with Crippen LogP contribution in [-0.2, 0) is 7.05 Å². The number of benzene rings is 2. The second-order valence-corrected chi connectivity index (χ2v) is 9.47. The third-order valence-corrected chi connectivity index (χ3v) is 7.46. The van der Waals surface area contributed by atoms with Gasteiger partial charge in [0.05, 0.1) is 11.6 Å². The van der Waals surface area contributed by atoms with Crippen molar-refractivity contribution in [3.05, 3.63) is 75.5 Å². The molecule has 2 aliphatic rings. The minimum Gasteiger partial charge on any atom is -0.489 e. The topological polar surface area (TPSA) is 60.3 Å². The molecule has 1 aromatic heterocycles. The van der Waals surface area contributed by atoms with Gasteiger partial charge in [-0.1, -0.05) is 30.7 Å². The Bertz CT molecular complexity index is 1210. The number of nitrogens with one attached hydrogen (secondary N) is 1. The number of ether oxygens (including phenoxy) is 1. The highest BCUT2D eigenvalue weighted by atomic mass is 35.5. The molecule has 1 N–H and O–H groups in total. The Balaban J connectivity index is 1.23. The minimum absolute atomic E-state index is 0.0436. The third-order valence-electron chi connectivity index (χ3n) is 7.20. The smallest absolute Gasteiger partial charge is 0.254 e. The zero-order valence-corrected chi connectivity index (χ0v) is 19.0. The second-order valence-electron chi connectivity index (χ2n) is 9.03. The number of nitrogens with zero attached hydrogens (tertiary/aromatic N) is 1. The second kappa shape index (κ2) is 8.28. The Morgan fingerprint density at radius 1 is 1.16 bits per heavy atom. The van der Waals surface area contributed by atoms with E-state index < -0.39 is 0 Å². The van der Waals surface area contributed by atoms with Crippen LogP contribution in [0.2, 0.25) is 5.02 Å². The molecule has 0 bridgehead atoms. The molecular formula is C26H27ClN2O3. The number of carbonyl (C=O) groups excluding carboxylic acids is 1. The van der Waals surface area contributed by atoms with Crippen LogP contribution in [0.1, 0.15) is 36.5 Å². The van der Waals surface area contributed by atoms with E-state index in [1.165, 1.54) is 0 Å². The average molecular weight is 451 g/mol. The zero-order chi connectivity index (χ0) is 22.4. The highest BCUT2D eigenvalue weighted by Crippen LogP contribution is 2.60. The van der Waals surface area contributed by atoms with E-state index in [4.69, 9.17) is 16.3 Å². The van der Waals surface area contributed by atoms with Crippen molar-refractivity contribution in [2.75, 3.05) is 0 Å². The fourth-order valence-electron chi connectivity index (χ4n) is 5.52. The van der Waals surface area contributed by atoms with Crippen LogP contribution < -0.4 is 15.6 Å². The van der Waals surface area contributed by atoms with E-state index in [0.29, 0.717) is 34.1 Å². The third kappa shape index (κ3) is 3.79. The maximum atomic E-state index is 12.7. The first-order valence-electron chi connectivity index (χ1n) is 11.3. The molecule has 3 atom stereocenters. The van der Waals surface area contributed by atoms with Crippen LogP contribution in [0.15, 0.2) is 59.4 Å². The Hall–Kier alpha value is -2.79. The van der Waals surface area contributed by atoms with Crippen LogP contribution in [0.3, 0.4) is 0 Å². The molecule has 0 unspecified atom stereocenters. The van der Waals surface area contributed by atoms with E-state index in [0.717, 1.165) is 30.2 Å². The molecule has 0 aliphatic heterocycles. The molecule has 0 radical (unpaired) electrons. The first kappa shape index (κ1) is 21.1. The van der Waals surface area contributed by atoms with Gasteiger partial charge in [-0.2, -0.15) is 0 Å². The molecular weight excluding hydrogens is 424 g/mol. The van der Waals surface area contributed by atoms with Crippen molar-refractivity contribution in [2.24, 2.45) is 24.8 Å². The van der Waals surface area contributed by atoms with E-state index in [1.807, 2.05) is 24.3 Å². The Labute approximate surface area is 192 Å². The number of aromatic nitrogens is 1. The van der Waals surface area contributed by atoms with Gasteiger partial charge in [0.25, 0.3) is 11.5 Å². The number of halogens is 1. The fourth-order valence-corrected chi connectivity index (χ4v) is 5.64. The highest BCUT2D eigenvalue weighted by molar-refractivity contribution is 6.30. The molecule has 1 heterocycles. The number of para-hydroxylation sites is 1. The Morgan fingerprint density at radius 3 is 2.53 bits per heavy atom. The van der Waals surface area contributed by atoms with Gasteiger partial charge in [-0.3, -0.25) is 9.59 Å². The van der Waals surface area contributed by atoms with Crippen molar-refractivity contribution in [2.45, 2.75) is 38.3 Å². The predicted octanol–water partition coefficient (Wildman–Crippen LogP) is 4.80. The molecule has 166 valence electrons. The number of rotatable bonds is 6. The molecule has 1 amide bonds. The lowest BCUT2D eigenvalue weighted by Crippen LogP contribution is -2.37. The van der Waals surface area contributed by atoms with Crippen molar-refractivity contribution in [1.82, 2.24) is 9.88 Å². The molecule has 5 rings (SSSR count). The first-order chi connectivity index (χ1) is 15.5. The Morgan fingerprint density at radius 2 is 1.84 bits per heavy atom. The summed E-state index contributed by atoms with van der Waals surface area (Å²) < 4.78 is 7.99. The van der Waals surface area contributed by atoms with Crippen molar-refractivity contribution in [3.8, 4) is 5.75 Å². The summed E-state index contributed by atoms with van der Waals surface area (Å²) in [5.74, 6) is 2.26.